The average molecular weight is 457 g/mol. The van der Waals surface area contributed by atoms with E-state index in [-0.39, 0.29) is 17.8 Å². The molecule has 0 saturated carbocycles. The van der Waals surface area contributed by atoms with E-state index < -0.39 is 23.7 Å². The van der Waals surface area contributed by atoms with Gasteiger partial charge < -0.3 is 14.9 Å². The lowest BCUT2D eigenvalue weighted by Gasteiger charge is -2.25. The largest absolute Gasteiger partial charge is 0.507 e. The maximum atomic E-state index is 13.3. The quantitative estimate of drug-likeness (QED) is 0.326. The van der Waals surface area contributed by atoms with Gasteiger partial charge in [0.15, 0.2) is 0 Å². The highest BCUT2D eigenvalue weighted by Gasteiger charge is 2.47. The van der Waals surface area contributed by atoms with Gasteiger partial charge in [0.2, 0.25) is 0 Å². The van der Waals surface area contributed by atoms with Crippen molar-refractivity contribution in [2.75, 3.05) is 12.0 Å². The highest BCUT2D eigenvalue weighted by molar-refractivity contribution is 6.51. The fraction of sp³-hybridized carbons (Fsp3) is 0.148. The van der Waals surface area contributed by atoms with Crippen molar-refractivity contribution in [3.05, 3.63) is 101 Å². The van der Waals surface area contributed by atoms with Gasteiger partial charge in [-0.1, -0.05) is 54.1 Å². The minimum Gasteiger partial charge on any atom is -0.507 e. The first-order valence-electron chi connectivity index (χ1n) is 10.6. The van der Waals surface area contributed by atoms with E-state index in [1.807, 2.05) is 19.1 Å². The maximum Gasteiger partial charge on any atom is 0.307 e. The van der Waals surface area contributed by atoms with E-state index in [9.17, 15) is 19.5 Å². The number of benzene rings is 3. The number of carboxylic acids is 1. The third-order valence-corrected chi connectivity index (χ3v) is 5.74. The number of rotatable bonds is 6. The van der Waals surface area contributed by atoms with Crippen LogP contribution in [0.25, 0.3) is 5.76 Å². The van der Waals surface area contributed by atoms with Crippen LogP contribution in [0, 0.1) is 6.92 Å². The van der Waals surface area contributed by atoms with Crippen molar-refractivity contribution >= 4 is 29.1 Å². The Bertz CT molecular complexity index is 1290. The summed E-state index contributed by atoms with van der Waals surface area (Å²) in [6.45, 7) is 1.85. The Hall–Kier alpha value is -4.39. The molecule has 4 rings (SSSR count). The molecule has 1 amide bonds. The zero-order valence-electron chi connectivity index (χ0n) is 18.7. The van der Waals surface area contributed by atoms with Gasteiger partial charge in [-0.25, -0.2) is 0 Å². The number of anilines is 1. The van der Waals surface area contributed by atoms with Crippen molar-refractivity contribution in [2.45, 2.75) is 19.4 Å². The Kier molecular flexibility index (Phi) is 6.19. The average Bonchev–Trinajstić information content (AvgIpc) is 3.10. The number of nitrogens with zero attached hydrogens (tertiary/aromatic N) is 1. The number of aliphatic hydroxyl groups excluding tert-OH is 1. The molecule has 0 bridgehead atoms. The van der Waals surface area contributed by atoms with E-state index in [0.29, 0.717) is 28.1 Å². The van der Waals surface area contributed by atoms with E-state index >= 15 is 0 Å². The number of aliphatic hydroxyl groups is 1. The van der Waals surface area contributed by atoms with Crippen molar-refractivity contribution in [3.63, 3.8) is 0 Å². The number of aryl methyl sites for hydroxylation is 1. The Morgan fingerprint density at radius 3 is 2.26 bits per heavy atom. The number of ether oxygens (including phenoxy) is 1. The molecule has 0 aliphatic carbocycles. The maximum absolute atomic E-state index is 13.3. The summed E-state index contributed by atoms with van der Waals surface area (Å²) >= 11 is 0. The predicted molar refractivity (Wildman–Crippen MR) is 127 cm³/mol. The molecule has 3 aromatic rings. The molecule has 7 nitrogen and oxygen atoms in total. The first-order chi connectivity index (χ1) is 16.3. The third kappa shape index (κ3) is 4.15. The number of aliphatic carboxylic acids is 1. The number of methoxy groups -OCH3 is 1. The van der Waals surface area contributed by atoms with Crippen molar-refractivity contribution in [1.29, 1.82) is 0 Å². The molecule has 0 spiro atoms. The molecule has 1 aliphatic rings. The monoisotopic (exact) mass is 457 g/mol. The standard InChI is InChI=1S/C27H23NO6/c1-16-8-13-21(34-2)20(14-16)25(31)23-24(18-6-4-3-5-7-18)28(27(33)26(23)32)19-11-9-17(10-12-19)15-22(29)30/h3-14,24,31H,15H2,1-2H3,(H,29,30)/b25-23+. The molecule has 3 aromatic carbocycles. The third-order valence-electron chi connectivity index (χ3n) is 5.74. The molecule has 1 unspecified atom stereocenters. The molecular weight excluding hydrogens is 434 g/mol. The molecule has 2 N–H and O–H groups in total. The molecule has 1 heterocycles. The van der Waals surface area contributed by atoms with E-state index in [0.717, 1.165) is 5.56 Å². The number of amides is 1. The number of Topliss-reactive ketones (excluding diaryl/α,β-unsaturated/α-hetero) is 1. The fourth-order valence-electron chi connectivity index (χ4n) is 4.15. The van der Waals surface area contributed by atoms with Crippen molar-refractivity contribution in [2.24, 2.45) is 0 Å². The zero-order chi connectivity index (χ0) is 24.4. The normalized spacial score (nSPS) is 17.1. The molecule has 1 atom stereocenters. The fourth-order valence-corrected chi connectivity index (χ4v) is 4.15. The van der Waals surface area contributed by atoms with Gasteiger partial charge in [-0.05, 0) is 42.3 Å². The predicted octanol–water partition coefficient (Wildman–Crippen LogP) is 4.26. The van der Waals surface area contributed by atoms with Gasteiger partial charge in [-0.2, -0.15) is 0 Å². The summed E-state index contributed by atoms with van der Waals surface area (Å²) in [4.78, 5) is 38.8. The molecule has 1 saturated heterocycles. The Balaban J connectivity index is 1.90. The smallest absolute Gasteiger partial charge is 0.307 e. The number of hydrogen-bond acceptors (Lipinski definition) is 5. The summed E-state index contributed by atoms with van der Waals surface area (Å²) in [5.74, 6) is -2.51. The Morgan fingerprint density at radius 2 is 1.65 bits per heavy atom. The second-order valence-corrected chi connectivity index (χ2v) is 8.02. The molecular formula is C27H23NO6. The topological polar surface area (TPSA) is 104 Å². The molecule has 0 aromatic heterocycles. The minimum atomic E-state index is -0.968. The van der Waals surface area contributed by atoms with Gasteiger partial charge in [0.05, 0.1) is 30.7 Å². The van der Waals surface area contributed by atoms with Crippen LogP contribution in [-0.4, -0.2) is 35.0 Å². The van der Waals surface area contributed by atoms with Crippen LogP contribution >= 0.6 is 0 Å². The lowest BCUT2D eigenvalue weighted by molar-refractivity contribution is -0.136. The van der Waals surface area contributed by atoms with Gasteiger partial charge in [0.1, 0.15) is 11.5 Å². The Labute approximate surface area is 196 Å². The van der Waals surface area contributed by atoms with Crippen LogP contribution in [0.1, 0.15) is 28.3 Å². The van der Waals surface area contributed by atoms with Gasteiger partial charge in [-0.3, -0.25) is 19.3 Å². The molecule has 34 heavy (non-hydrogen) atoms. The van der Waals surface area contributed by atoms with Crippen LogP contribution in [0.5, 0.6) is 5.75 Å². The minimum absolute atomic E-state index is 0.0466. The van der Waals surface area contributed by atoms with Gasteiger partial charge in [0, 0.05) is 5.69 Å². The molecule has 7 heteroatoms. The lowest BCUT2D eigenvalue weighted by atomic mass is 9.94. The molecule has 1 aliphatic heterocycles. The number of ketones is 1. The number of carbonyl (C=O) groups excluding carboxylic acids is 2. The molecule has 1 fully saturated rings. The second kappa shape index (κ2) is 9.23. The van der Waals surface area contributed by atoms with Crippen LogP contribution < -0.4 is 9.64 Å². The first kappa shape index (κ1) is 22.8. The van der Waals surface area contributed by atoms with Gasteiger partial charge in [0.25, 0.3) is 11.7 Å². The van der Waals surface area contributed by atoms with Crippen molar-refractivity contribution in [3.8, 4) is 5.75 Å². The number of carbonyl (C=O) groups is 3. The van der Waals surface area contributed by atoms with Crippen LogP contribution in [0.4, 0.5) is 5.69 Å². The molecule has 0 radical (unpaired) electrons. The lowest BCUT2D eigenvalue weighted by Crippen LogP contribution is -2.29. The summed E-state index contributed by atoms with van der Waals surface area (Å²) < 4.78 is 5.39. The molecule has 172 valence electrons. The zero-order valence-corrected chi connectivity index (χ0v) is 18.7. The van der Waals surface area contributed by atoms with E-state index in [4.69, 9.17) is 9.84 Å². The van der Waals surface area contributed by atoms with Gasteiger partial charge >= 0.3 is 5.97 Å². The SMILES string of the molecule is COc1ccc(C)cc1/C(O)=C1\C(=O)C(=O)N(c2ccc(CC(=O)O)cc2)C1c1ccccc1. The van der Waals surface area contributed by atoms with Crippen molar-refractivity contribution in [1.82, 2.24) is 0 Å². The van der Waals surface area contributed by atoms with E-state index in [2.05, 4.69) is 0 Å². The van der Waals surface area contributed by atoms with E-state index in [1.165, 1.54) is 12.0 Å². The number of carboxylic acid groups (broad SMARTS) is 1. The second-order valence-electron chi connectivity index (χ2n) is 8.02. The van der Waals surface area contributed by atoms with Crippen LogP contribution in [0.15, 0.2) is 78.4 Å². The van der Waals surface area contributed by atoms with Crippen LogP contribution in [0.3, 0.4) is 0 Å². The van der Waals surface area contributed by atoms with E-state index in [1.54, 1.807) is 60.7 Å². The highest BCUT2D eigenvalue weighted by atomic mass is 16.5. The first-order valence-corrected chi connectivity index (χ1v) is 10.6. The Morgan fingerprint density at radius 1 is 0.971 bits per heavy atom. The van der Waals surface area contributed by atoms with Crippen molar-refractivity contribution < 1.29 is 29.3 Å². The summed E-state index contributed by atoms with van der Waals surface area (Å²) in [6, 6.07) is 19.7. The summed E-state index contributed by atoms with van der Waals surface area (Å²) in [7, 11) is 1.47. The highest BCUT2D eigenvalue weighted by Crippen LogP contribution is 2.43. The number of hydrogen-bond donors (Lipinski definition) is 2. The van der Waals surface area contributed by atoms with Crippen LogP contribution in [0.2, 0.25) is 0 Å². The summed E-state index contributed by atoms with van der Waals surface area (Å²) in [6.07, 6.45) is -0.158. The van der Waals surface area contributed by atoms with Crippen LogP contribution in [-0.2, 0) is 20.8 Å². The summed E-state index contributed by atoms with van der Waals surface area (Å²) in [5.41, 5.74) is 2.74. The summed E-state index contributed by atoms with van der Waals surface area (Å²) in [5, 5.41) is 20.3. The van der Waals surface area contributed by atoms with Gasteiger partial charge in [-0.15, -0.1) is 0 Å².